The van der Waals surface area contributed by atoms with Gasteiger partial charge in [0.05, 0.1) is 33.4 Å². The molecule has 7 nitrogen and oxygen atoms in total. The van der Waals surface area contributed by atoms with Gasteiger partial charge >= 0.3 is 11.9 Å². The van der Waals surface area contributed by atoms with E-state index in [9.17, 15) is 24.9 Å². The smallest absolute Gasteiger partial charge is 0.331 e. The molecular weight excluding hydrogens is 682 g/mol. The first kappa shape index (κ1) is 39.8. The minimum absolute atomic E-state index is 0.0374. The van der Waals surface area contributed by atoms with Crippen molar-refractivity contribution in [3.8, 4) is 0 Å². The van der Waals surface area contributed by atoms with Crippen molar-refractivity contribution in [1.82, 2.24) is 0 Å². The Labute approximate surface area is 303 Å². The summed E-state index contributed by atoms with van der Waals surface area (Å²) in [5.74, 6) is -0.977. The summed E-state index contributed by atoms with van der Waals surface area (Å²) in [6, 6.07) is 10.6. The van der Waals surface area contributed by atoms with Gasteiger partial charge in [-0.25, -0.2) is 4.79 Å². The van der Waals surface area contributed by atoms with Gasteiger partial charge in [0.2, 0.25) is 0 Å². The van der Waals surface area contributed by atoms with Crippen molar-refractivity contribution >= 4 is 27.9 Å². The number of esters is 1. The molecule has 0 saturated heterocycles. The molecule has 4 fully saturated rings. The molecule has 10 atom stereocenters. The first-order chi connectivity index (χ1) is 22.7. The van der Waals surface area contributed by atoms with Crippen LogP contribution in [0.15, 0.2) is 51.5 Å². The highest BCUT2D eigenvalue weighted by atomic mass is 79.9. The maximum absolute atomic E-state index is 12.7. The zero-order chi connectivity index (χ0) is 36.7. The summed E-state index contributed by atoms with van der Waals surface area (Å²) in [5.41, 5.74) is 2.86. The second-order valence-corrected chi connectivity index (χ2v) is 18.6. The molecule has 5 rings (SSSR count). The monoisotopic (exact) mass is 744 g/mol. The molecule has 1 aromatic rings. The highest BCUT2D eigenvalue weighted by molar-refractivity contribution is 9.11. The zero-order valence-corrected chi connectivity index (χ0v) is 33.3. The molecular formula is C41H63BrNO6+. The molecule has 1 aromatic carbocycles. The number of aliphatic hydroxyl groups is 2. The van der Waals surface area contributed by atoms with Crippen LogP contribution < -0.4 is 0 Å². The molecule has 8 heteroatoms. The average Bonchev–Trinajstić information content (AvgIpc) is 3.26. The van der Waals surface area contributed by atoms with Crippen LogP contribution in [0.5, 0.6) is 0 Å². The molecule has 0 heterocycles. The molecule has 1 unspecified atom stereocenters. The predicted octanol–water partition coefficient (Wildman–Crippen LogP) is 8.28. The number of carbonyl (C=O) groups is 2. The van der Waals surface area contributed by atoms with Crippen molar-refractivity contribution in [2.45, 2.75) is 125 Å². The molecule has 0 radical (unpaired) electrons. The maximum Gasteiger partial charge on any atom is 0.331 e. The van der Waals surface area contributed by atoms with Gasteiger partial charge in [0.1, 0.15) is 12.6 Å². The maximum atomic E-state index is 12.7. The summed E-state index contributed by atoms with van der Waals surface area (Å²) in [5, 5.41) is 33.0. The van der Waals surface area contributed by atoms with Gasteiger partial charge in [-0.15, -0.1) is 0 Å². The number of aliphatic carboxylic acids is 1. The van der Waals surface area contributed by atoms with E-state index >= 15 is 0 Å². The third-order valence-corrected chi connectivity index (χ3v) is 14.4. The quantitative estimate of drug-likeness (QED) is 0.148. The summed E-state index contributed by atoms with van der Waals surface area (Å²) < 4.78 is 7.86. The predicted molar refractivity (Wildman–Crippen MR) is 199 cm³/mol. The Balaban J connectivity index is 0.000000418. The van der Waals surface area contributed by atoms with Crippen LogP contribution in [-0.4, -0.2) is 71.2 Å². The minimum atomic E-state index is -0.969. The number of rotatable bonds is 7. The third kappa shape index (κ3) is 7.93. The van der Waals surface area contributed by atoms with E-state index in [0.717, 1.165) is 46.8 Å². The first-order valence-electron chi connectivity index (χ1n) is 18.3. The van der Waals surface area contributed by atoms with E-state index < -0.39 is 24.1 Å². The van der Waals surface area contributed by atoms with Gasteiger partial charge < -0.3 is 24.5 Å². The number of fused-ring (bicyclic) bond motifs is 5. The first-order valence-corrected chi connectivity index (χ1v) is 19.1. The number of hydrogen-bond donors (Lipinski definition) is 3. The van der Waals surface area contributed by atoms with Crippen molar-refractivity contribution in [3.05, 3.63) is 57.1 Å². The van der Waals surface area contributed by atoms with Crippen LogP contribution in [0, 0.1) is 39.9 Å². The number of carboxylic acids is 1. The van der Waals surface area contributed by atoms with Crippen LogP contribution in [0.1, 0.15) is 105 Å². The number of halogens is 1. The van der Waals surface area contributed by atoms with Crippen LogP contribution in [0.2, 0.25) is 0 Å². The highest BCUT2D eigenvalue weighted by Crippen LogP contribution is 2.74. The van der Waals surface area contributed by atoms with Crippen molar-refractivity contribution in [3.63, 3.8) is 0 Å². The lowest BCUT2D eigenvalue weighted by atomic mass is 9.36. The zero-order valence-electron chi connectivity index (χ0n) is 31.7. The average molecular weight is 746 g/mol. The molecule has 0 aromatic heterocycles. The van der Waals surface area contributed by atoms with E-state index in [-0.39, 0.29) is 40.1 Å². The second kappa shape index (κ2) is 14.9. The Morgan fingerprint density at radius 1 is 0.939 bits per heavy atom. The summed E-state index contributed by atoms with van der Waals surface area (Å²) in [6.07, 6.45) is 3.99. The molecule has 4 aliphatic carbocycles. The largest absolute Gasteiger partial charge is 0.478 e. The van der Waals surface area contributed by atoms with Gasteiger partial charge in [-0.2, -0.15) is 0 Å². The molecule has 3 N–H and O–H groups in total. The highest BCUT2D eigenvalue weighted by Gasteiger charge is 2.70. The molecule has 0 amide bonds. The van der Waals surface area contributed by atoms with Gasteiger partial charge in [0, 0.05) is 18.1 Å². The number of hydrogen-bond acceptors (Lipinski definition) is 5. The van der Waals surface area contributed by atoms with Crippen molar-refractivity contribution in [2.24, 2.45) is 39.9 Å². The SMILES string of the molecule is CC(=O)O[C@H]1C[C@@]2(C)[C@H](C[C@@H](O)[C@@H]3[C@@]4(C)CC[C@@H](O)[C@@H](C)C4CC[C@@]32C)C1=C(CCC(Br)=C(C)C)C(=O)O.C[N+](C)(C)Cc1ccccc1. The molecule has 4 aliphatic rings. The van der Waals surface area contributed by atoms with E-state index in [1.807, 2.05) is 13.8 Å². The van der Waals surface area contributed by atoms with E-state index in [2.05, 4.69) is 95.1 Å². The molecule has 0 aliphatic heterocycles. The second-order valence-electron chi connectivity index (χ2n) is 17.7. The minimum Gasteiger partial charge on any atom is -0.478 e. The Hall–Kier alpha value is -2.00. The third-order valence-electron chi connectivity index (χ3n) is 13.3. The fraction of sp³-hybridized carbons (Fsp3) is 0.707. The van der Waals surface area contributed by atoms with Crippen LogP contribution in [0.25, 0.3) is 0 Å². The Morgan fingerprint density at radius 2 is 1.57 bits per heavy atom. The van der Waals surface area contributed by atoms with Gasteiger partial charge in [-0.1, -0.05) is 79.5 Å². The Kier molecular flexibility index (Phi) is 12.1. The summed E-state index contributed by atoms with van der Waals surface area (Å²) in [7, 11) is 6.60. The van der Waals surface area contributed by atoms with E-state index in [1.165, 1.54) is 12.5 Å². The normalized spacial score (nSPS) is 37.8. The van der Waals surface area contributed by atoms with E-state index in [1.54, 1.807) is 0 Å². The van der Waals surface area contributed by atoms with Gasteiger partial charge in [-0.3, -0.25) is 4.79 Å². The Morgan fingerprint density at radius 3 is 2.12 bits per heavy atom. The molecule has 49 heavy (non-hydrogen) atoms. The molecule has 4 saturated carbocycles. The number of ether oxygens (including phenoxy) is 1. The van der Waals surface area contributed by atoms with Crippen LogP contribution in [0.3, 0.4) is 0 Å². The number of quaternary nitrogens is 1. The number of nitrogens with zero attached hydrogens (tertiary/aromatic N) is 1. The molecule has 0 bridgehead atoms. The molecule has 0 spiro atoms. The summed E-state index contributed by atoms with van der Waals surface area (Å²) >= 11 is 3.60. The number of carbonyl (C=O) groups excluding carboxylic acids is 1. The number of allylic oxidation sites excluding steroid dienone is 2. The molecule has 274 valence electrons. The van der Waals surface area contributed by atoms with Crippen LogP contribution in [0.4, 0.5) is 0 Å². The number of carboxylic acid groups (broad SMARTS) is 1. The topological polar surface area (TPSA) is 104 Å². The number of benzene rings is 1. The fourth-order valence-electron chi connectivity index (χ4n) is 10.9. The lowest BCUT2D eigenvalue weighted by Crippen LogP contribution is -2.65. The lowest BCUT2D eigenvalue weighted by molar-refractivity contribution is -0.884. The van der Waals surface area contributed by atoms with Crippen molar-refractivity contribution in [2.75, 3.05) is 21.1 Å². The lowest BCUT2D eigenvalue weighted by Gasteiger charge is -2.69. The fourth-order valence-corrected chi connectivity index (χ4v) is 11.1. The van der Waals surface area contributed by atoms with Crippen molar-refractivity contribution in [1.29, 1.82) is 0 Å². The van der Waals surface area contributed by atoms with E-state index in [4.69, 9.17) is 4.74 Å². The summed E-state index contributed by atoms with van der Waals surface area (Å²) in [6.45, 7) is 15.5. The van der Waals surface area contributed by atoms with Crippen LogP contribution >= 0.6 is 15.9 Å². The van der Waals surface area contributed by atoms with Gasteiger partial charge in [0.15, 0.2) is 0 Å². The standard InChI is InChI=1S/C31H47BrO6.C10H16N/c1-16(2)22(32)9-8-19(28(36)37)26-21-14-24(35)27-29(5)12-11-23(34)17(3)20(29)10-13-30(27,6)31(21,7)15-25(26)38-18(4)33;1-11(2,3)9-10-7-5-4-6-8-10/h17,20-21,23-25,27,34-35H,8-15H2,1-7H3,(H,36,37);4-8H,9H2,1-3H3/q;+1/t17-,20?,21+,23+,24+,25-,27+,29-,30-,31-;/m0./s1. The number of aliphatic hydroxyl groups excluding tert-OH is 2. The summed E-state index contributed by atoms with van der Waals surface area (Å²) in [4.78, 5) is 25.0. The van der Waals surface area contributed by atoms with Crippen LogP contribution in [-0.2, 0) is 20.9 Å². The Bertz CT molecular complexity index is 1430. The van der Waals surface area contributed by atoms with Gasteiger partial charge in [-0.05, 0) is 115 Å². The van der Waals surface area contributed by atoms with E-state index in [0.29, 0.717) is 42.7 Å². The van der Waals surface area contributed by atoms with Crippen molar-refractivity contribution < 1.29 is 34.1 Å². The van der Waals surface area contributed by atoms with Gasteiger partial charge in [0.25, 0.3) is 0 Å².